The third-order valence-electron chi connectivity index (χ3n) is 2.17. The van der Waals surface area contributed by atoms with Gasteiger partial charge in [0, 0.05) is 12.8 Å². The van der Waals surface area contributed by atoms with Crippen molar-refractivity contribution in [1.29, 1.82) is 5.26 Å². The smallest absolute Gasteiger partial charge is 0.162 e. The van der Waals surface area contributed by atoms with Crippen LogP contribution in [0.1, 0.15) is 25.7 Å². The van der Waals surface area contributed by atoms with E-state index in [1.165, 1.54) is 0 Å². The van der Waals surface area contributed by atoms with Crippen molar-refractivity contribution in [2.75, 3.05) is 0 Å². The number of nitriles is 1. The summed E-state index contributed by atoms with van der Waals surface area (Å²) in [6.07, 6.45) is 1.10. The topological polar surface area (TPSA) is 90.3 Å². The molecule has 0 atom stereocenters. The van der Waals surface area contributed by atoms with E-state index >= 15 is 0 Å². The summed E-state index contributed by atoms with van der Waals surface area (Å²) in [4.78, 5) is 0. The van der Waals surface area contributed by atoms with Crippen molar-refractivity contribution in [3.05, 3.63) is 0 Å². The summed E-state index contributed by atoms with van der Waals surface area (Å²) in [5.41, 5.74) is 4.76. The number of hydrogen-bond donors (Lipinski definition) is 3. The van der Waals surface area contributed by atoms with Crippen LogP contribution in [-0.4, -0.2) is 21.5 Å². The standard InChI is InChI=1S/C7H12N2O2/c8-5-6(9)1-3-7(10,11)4-2-6/h10-11H,1-4,9H2. The monoisotopic (exact) mass is 156 g/mol. The predicted molar refractivity (Wildman–Crippen MR) is 38.2 cm³/mol. The first-order valence-electron chi connectivity index (χ1n) is 3.62. The minimum Gasteiger partial charge on any atom is -0.366 e. The summed E-state index contributed by atoms with van der Waals surface area (Å²) >= 11 is 0. The molecule has 4 nitrogen and oxygen atoms in total. The maximum absolute atomic E-state index is 9.09. The molecule has 0 unspecified atom stereocenters. The number of nitrogens with two attached hydrogens (primary N) is 1. The fourth-order valence-corrected chi connectivity index (χ4v) is 1.21. The van der Waals surface area contributed by atoms with E-state index < -0.39 is 11.3 Å². The highest BCUT2D eigenvalue weighted by atomic mass is 16.5. The first kappa shape index (κ1) is 8.47. The average molecular weight is 156 g/mol. The van der Waals surface area contributed by atoms with Crippen molar-refractivity contribution in [2.24, 2.45) is 5.73 Å². The molecule has 0 aromatic rings. The second-order valence-electron chi connectivity index (χ2n) is 3.25. The zero-order chi connectivity index (χ0) is 8.54. The van der Waals surface area contributed by atoms with Crippen LogP contribution in [0.5, 0.6) is 0 Å². The van der Waals surface area contributed by atoms with E-state index in [1.807, 2.05) is 6.07 Å². The third-order valence-corrected chi connectivity index (χ3v) is 2.17. The van der Waals surface area contributed by atoms with Crippen molar-refractivity contribution in [3.63, 3.8) is 0 Å². The van der Waals surface area contributed by atoms with Crippen LogP contribution in [0.3, 0.4) is 0 Å². The highest BCUT2D eigenvalue weighted by Gasteiger charge is 2.38. The van der Waals surface area contributed by atoms with Crippen molar-refractivity contribution in [2.45, 2.75) is 37.0 Å². The van der Waals surface area contributed by atoms with Gasteiger partial charge in [0.2, 0.25) is 0 Å². The highest BCUT2D eigenvalue weighted by molar-refractivity contribution is 5.07. The number of rotatable bonds is 0. The van der Waals surface area contributed by atoms with Crippen molar-refractivity contribution in [3.8, 4) is 6.07 Å². The number of aliphatic hydroxyl groups is 2. The van der Waals surface area contributed by atoms with Crippen LogP contribution in [0.2, 0.25) is 0 Å². The lowest BCUT2D eigenvalue weighted by atomic mass is 9.81. The summed E-state index contributed by atoms with van der Waals surface area (Å²) in [6.45, 7) is 0. The Labute approximate surface area is 65.2 Å². The first-order valence-corrected chi connectivity index (χ1v) is 3.62. The van der Waals surface area contributed by atoms with Gasteiger partial charge in [0.1, 0.15) is 5.54 Å². The van der Waals surface area contributed by atoms with Gasteiger partial charge < -0.3 is 15.9 Å². The summed E-state index contributed by atoms with van der Waals surface area (Å²) < 4.78 is 0. The van der Waals surface area contributed by atoms with E-state index in [0.29, 0.717) is 12.8 Å². The molecule has 1 aliphatic rings. The van der Waals surface area contributed by atoms with Gasteiger partial charge in [-0.2, -0.15) is 5.26 Å². The summed E-state index contributed by atoms with van der Waals surface area (Å²) in [7, 11) is 0. The Morgan fingerprint density at radius 1 is 1.18 bits per heavy atom. The molecule has 0 heterocycles. The van der Waals surface area contributed by atoms with Crippen molar-refractivity contribution >= 4 is 0 Å². The van der Waals surface area contributed by atoms with Crippen LogP contribution in [0.4, 0.5) is 0 Å². The molecule has 0 aromatic carbocycles. The van der Waals surface area contributed by atoms with Crippen LogP contribution in [-0.2, 0) is 0 Å². The Morgan fingerprint density at radius 3 is 2.00 bits per heavy atom. The van der Waals surface area contributed by atoms with Crippen LogP contribution in [0, 0.1) is 11.3 Å². The molecule has 4 N–H and O–H groups in total. The maximum Gasteiger partial charge on any atom is 0.162 e. The molecule has 62 valence electrons. The third kappa shape index (κ3) is 1.90. The SMILES string of the molecule is N#CC1(N)CCC(O)(O)CC1. The van der Waals surface area contributed by atoms with Gasteiger partial charge in [0.15, 0.2) is 5.79 Å². The Kier molecular flexibility index (Phi) is 1.89. The molecule has 11 heavy (non-hydrogen) atoms. The van der Waals surface area contributed by atoms with Crippen LogP contribution in [0.15, 0.2) is 0 Å². The first-order chi connectivity index (χ1) is 4.97. The zero-order valence-electron chi connectivity index (χ0n) is 6.25. The molecule has 0 aromatic heterocycles. The maximum atomic E-state index is 9.09. The molecule has 0 radical (unpaired) electrons. The van der Waals surface area contributed by atoms with E-state index in [1.54, 1.807) is 0 Å². The molecule has 0 spiro atoms. The lowest BCUT2D eigenvalue weighted by Gasteiger charge is -2.34. The van der Waals surface area contributed by atoms with E-state index in [9.17, 15) is 0 Å². The lowest BCUT2D eigenvalue weighted by molar-refractivity contribution is -0.185. The van der Waals surface area contributed by atoms with E-state index in [4.69, 9.17) is 21.2 Å². The zero-order valence-corrected chi connectivity index (χ0v) is 6.25. The molecule has 1 fully saturated rings. The largest absolute Gasteiger partial charge is 0.366 e. The molecule has 0 aliphatic heterocycles. The number of nitrogens with zero attached hydrogens (tertiary/aromatic N) is 1. The van der Waals surface area contributed by atoms with Gasteiger partial charge in [0.05, 0.1) is 6.07 Å². The molecule has 0 amide bonds. The second-order valence-corrected chi connectivity index (χ2v) is 3.25. The van der Waals surface area contributed by atoms with E-state index in [-0.39, 0.29) is 12.8 Å². The van der Waals surface area contributed by atoms with E-state index in [2.05, 4.69) is 0 Å². The Morgan fingerprint density at radius 2 is 1.64 bits per heavy atom. The fourth-order valence-electron chi connectivity index (χ4n) is 1.21. The Bertz CT molecular complexity index is 185. The molecule has 1 rings (SSSR count). The van der Waals surface area contributed by atoms with Gasteiger partial charge >= 0.3 is 0 Å². The highest BCUT2D eigenvalue weighted by Crippen LogP contribution is 2.30. The summed E-state index contributed by atoms with van der Waals surface area (Å²) in [5.74, 6) is -1.60. The minimum atomic E-state index is -1.60. The van der Waals surface area contributed by atoms with E-state index in [0.717, 1.165) is 0 Å². The van der Waals surface area contributed by atoms with Gasteiger partial charge in [-0.1, -0.05) is 0 Å². The lowest BCUT2D eigenvalue weighted by Crippen LogP contribution is -2.47. The van der Waals surface area contributed by atoms with Gasteiger partial charge in [0.25, 0.3) is 0 Å². The minimum absolute atomic E-state index is 0.192. The van der Waals surface area contributed by atoms with Gasteiger partial charge in [-0.05, 0) is 12.8 Å². The molecule has 1 aliphatic carbocycles. The molecular formula is C7H12N2O2. The van der Waals surface area contributed by atoms with Crippen LogP contribution >= 0.6 is 0 Å². The summed E-state index contributed by atoms with van der Waals surface area (Å²) in [6, 6.07) is 1.97. The molecule has 4 heteroatoms. The van der Waals surface area contributed by atoms with Crippen LogP contribution in [0.25, 0.3) is 0 Å². The molecular weight excluding hydrogens is 144 g/mol. The second kappa shape index (κ2) is 2.45. The molecule has 0 saturated heterocycles. The quantitative estimate of drug-likeness (QED) is 0.411. The van der Waals surface area contributed by atoms with Crippen LogP contribution < -0.4 is 5.73 Å². The normalized spacial score (nSPS) is 27.5. The van der Waals surface area contributed by atoms with Crippen molar-refractivity contribution < 1.29 is 10.2 Å². The average Bonchev–Trinajstić information content (AvgIpc) is 1.97. The number of hydrogen-bond acceptors (Lipinski definition) is 4. The summed E-state index contributed by atoms with van der Waals surface area (Å²) in [5, 5.41) is 26.8. The Balaban J connectivity index is 2.56. The van der Waals surface area contributed by atoms with Gasteiger partial charge in [-0.25, -0.2) is 0 Å². The predicted octanol–water partition coefficient (Wildman–Crippen LogP) is -0.538. The van der Waals surface area contributed by atoms with Gasteiger partial charge in [-0.15, -0.1) is 0 Å². The molecule has 1 saturated carbocycles. The molecule has 0 bridgehead atoms. The van der Waals surface area contributed by atoms with Gasteiger partial charge in [-0.3, -0.25) is 0 Å². The Hall–Kier alpha value is -0.630. The van der Waals surface area contributed by atoms with Crippen molar-refractivity contribution in [1.82, 2.24) is 0 Å². The fraction of sp³-hybridized carbons (Fsp3) is 0.857.